The first-order valence-corrected chi connectivity index (χ1v) is 4.90. The second-order valence-corrected chi connectivity index (χ2v) is 3.28. The summed E-state index contributed by atoms with van der Waals surface area (Å²) in [4.78, 5) is 21.9. The van der Waals surface area contributed by atoms with E-state index in [0.29, 0.717) is 28.9 Å². The van der Waals surface area contributed by atoms with E-state index in [1.165, 1.54) is 19.3 Å². The highest BCUT2D eigenvalue weighted by molar-refractivity contribution is 5.95. The van der Waals surface area contributed by atoms with Gasteiger partial charge in [0, 0.05) is 0 Å². The Labute approximate surface area is 97.6 Å². The largest absolute Gasteiger partial charge is 0.465 e. The predicted octanol–water partition coefficient (Wildman–Crippen LogP) is 1.41. The summed E-state index contributed by atoms with van der Waals surface area (Å²) in [7, 11) is 1.29. The van der Waals surface area contributed by atoms with Crippen molar-refractivity contribution in [3.63, 3.8) is 0 Å². The number of allylic oxidation sites excluding steroid dienone is 1. The number of hydrogen-bond acceptors (Lipinski definition) is 5. The Balaban J connectivity index is 2.50. The van der Waals surface area contributed by atoms with Crippen molar-refractivity contribution in [1.82, 2.24) is 0 Å². The third-order valence-corrected chi connectivity index (χ3v) is 2.30. The fraction of sp³-hybridized carbons (Fsp3) is 0.167. The third kappa shape index (κ3) is 2.13. The molecule has 17 heavy (non-hydrogen) atoms. The number of fused-ring (bicyclic) bond motifs is 1. The quantitative estimate of drug-likeness (QED) is 0.449. The van der Waals surface area contributed by atoms with Gasteiger partial charge >= 0.3 is 5.97 Å². The molecular weight excluding hydrogens is 224 g/mol. The summed E-state index contributed by atoms with van der Waals surface area (Å²) in [6, 6.07) is 3.17. The van der Waals surface area contributed by atoms with Crippen molar-refractivity contribution >= 4 is 18.3 Å². The van der Waals surface area contributed by atoms with Crippen LogP contribution < -0.4 is 9.47 Å². The van der Waals surface area contributed by atoms with Crippen molar-refractivity contribution in [2.75, 3.05) is 13.9 Å². The number of carbonyl (C=O) groups is 2. The average Bonchev–Trinajstić information content (AvgIpc) is 2.81. The van der Waals surface area contributed by atoms with Crippen LogP contribution in [0.15, 0.2) is 18.2 Å². The van der Waals surface area contributed by atoms with Crippen LogP contribution in [0, 0.1) is 0 Å². The molecule has 88 valence electrons. The Morgan fingerprint density at radius 1 is 1.35 bits per heavy atom. The molecule has 1 aliphatic heterocycles. The number of hydrogen-bond donors (Lipinski definition) is 0. The van der Waals surface area contributed by atoms with Crippen LogP contribution in [-0.4, -0.2) is 26.2 Å². The van der Waals surface area contributed by atoms with Gasteiger partial charge in [0.15, 0.2) is 11.5 Å². The smallest absolute Gasteiger partial charge is 0.338 e. The fourth-order valence-electron chi connectivity index (χ4n) is 1.53. The van der Waals surface area contributed by atoms with E-state index in [0.717, 1.165) is 0 Å². The van der Waals surface area contributed by atoms with E-state index in [2.05, 4.69) is 4.74 Å². The number of ether oxygens (including phenoxy) is 3. The van der Waals surface area contributed by atoms with Crippen molar-refractivity contribution in [2.24, 2.45) is 0 Å². The van der Waals surface area contributed by atoms with Gasteiger partial charge in [0.2, 0.25) is 6.79 Å². The van der Waals surface area contributed by atoms with Crippen LogP contribution in [0.25, 0.3) is 6.08 Å². The van der Waals surface area contributed by atoms with E-state index in [1.807, 2.05) is 0 Å². The summed E-state index contributed by atoms with van der Waals surface area (Å²) in [5.41, 5.74) is 0.878. The summed E-state index contributed by atoms with van der Waals surface area (Å²) in [6.07, 6.45) is 3.44. The second-order valence-electron chi connectivity index (χ2n) is 3.28. The molecule has 0 bridgehead atoms. The molecule has 0 unspecified atom stereocenters. The SMILES string of the molecule is COC(=O)c1cc2c(cc1/C=C\C=O)OCO2. The Bertz CT molecular complexity index is 490. The molecule has 0 aliphatic carbocycles. The number of aldehydes is 1. The van der Waals surface area contributed by atoms with Gasteiger partial charge in [0.05, 0.1) is 12.7 Å². The van der Waals surface area contributed by atoms with Gasteiger partial charge in [0.25, 0.3) is 0 Å². The minimum atomic E-state index is -0.492. The van der Waals surface area contributed by atoms with Gasteiger partial charge in [-0.3, -0.25) is 4.79 Å². The van der Waals surface area contributed by atoms with E-state index in [-0.39, 0.29) is 6.79 Å². The highest BCUT2D eigenvalue weighted by Gasteiger charge is 2.20. The molecule has 0 N–H and O–H groups in total. The molecule has 0 amide bonds. The number of methoxy groups -OCH3 is 1. The predicted molar refractivity (Wildman–Crippen MR) is 59.0 cm³/mol. The molecular formula is C12H10O5. The molecule has 0 atom stereocenters. The maximum atomic E-state index is 11.6. The normalized spacial score (nSPS) is 12.8. The topological polar surface area (TPSA) is 61.8 Å². The van der Waals surface area contributed by atoms with Crippen LogP contribution >= 0.6 is 0 Å². The van der Waals surface area contributed by atoms with Crippen molar-refractivity contribution in [1.29, 1.82) is 0 Å². The molecule has 0 radical (unpaired) electrons. The molecule has 1 aromatic carbocycles. The van der Waals surface area contributed by atoms with Crippen molar-refractivity contribution in [3.8, 4) is 11.5 Å². The monoisotopic (exact) mass is 234 g/mol. The number of rotatable bonds is 3. The van der Waals surface area contributed by atoms with Gasteiger partial charge in [-0.05, 0) is 23.8 Å². The van der Waals surface area contributed by atoms with E-state index in [9.17, 15) is 9.59 Å². The Morgan fingerprint density at radius 3 is 2.71 bits per heavy atom. The molecule has 0 spiro atoms. The third-order valence-electron chi connectivity index (χ3n) is 2.30. The van der Waals surface area contributed by atoms with Gasteiger partial charge in [-0.1, -0.05) is 6.08 Å². The molecule has 1 aromatic rings. The first-order chi connectivity index (χ1) is 8.26. The van der Waals surface area contributed by atoms with Crippen LogP contribution in [-0.2, 0) is 9.53 Å². The lowest BCUT2D eigenvalue weighted by Crippen LogP contribution is -2.03. The fourth-order valence-corrected chi connectivity index (χ4v) is 1.53. The highest BCUT2D eigenvalue weighted by atomic mass is 16.7. The standard InChI is InChI=1S/C12H10O5/c1-15-12(14)9-6-11-10(16-7-17-11)5-8(9)3-2-4-13/h2-6H,7H2,1H3/b3-2-. The first kappa shape index (κ1) is 11.2. The Hall–Kier alpha value is -2.30. The van der Waals surface area contributed by atoms with Gasteiger partial charge in [-0.25, -0.2) is 4.79 Å². The molecule has 0 saturated heterocycles. The van der Waals surface area contributed by atoms with Crippen LogP contribution in [0.1, 0.15) is 15.9 Å². The maximum Gasteiger partial charge on any atom is 0.338 e. The van der Waals surface area contributed by atoms with Crippen LogP contribution in [0.3, 0.4) is 0 Å². The molecule has 0 fully saturated rings. The van der Waals surface area contributed by atoms with Crippen molar-refractivity contribution in [3.05, 3.63) is 29.3 Å². The maximum absolute atomic E-state index is 11.6. The zero-order valence-corrected chi connectivity index (χ0v) is 9.14. The van der Waals surface area contributed by atoms with E-state index in [4.69, 9.17) is 9.47 Å². The lowest BCUT2D eigenvalue weighted by Gasteiger charge is -2.05. The lowest BCUT2D eigenvalue weighted by atomic mass is 10.1. The molecule has 0 aromatic heterocycles. The number of benzene rings is 1. The van der Waals surface area contributed by atoms with E-state index >= 15 is 0 Å². The van der Waals surface area contributed by atoms with Crippen LogP contribution in [0.2, 0.25) is 0 Å². The minimum absolute atomic E-state index is 0.122. The van der Waals surface area contributed by atoms with Gasteiger partial charge in [0.1, 0.15) is 6.29 Å². The molecule has 1 aliphatic rings. The van der Waals surface area contributed by atoms with Crippen molar-refractivity contribution in [2.45, 2.75) is 0 Å². The minimum Gasteiger partial charge on any atom is -0.465 e. The average molecular weight is 234 g/mol. The van der Waals surface area contributed by atoms with Crippen LogP contribution in [0.4, 0.5) is 0 Å². The molecule has 1 heterocycles. The Morgan fingerprint density at radius 2 is 2.06 bits per heavy atom. The van der Waals surface area contributed by atoms with Gasteiger partial charge < -0.3 is 14.2 Å². The summed E-state index contributed by atoms with van der Waals surface area (Å²) in [5.74, 6) is 0.547. The summed E-state index contributed by atoms with van der Waals surface area (Å²) in [5, 5.41) is 0. The summed E-state index contributed by atoms with van der Waals surface area (Å²) < 4.78 is 15.0. The molecule has 0 saturated carbocycles. The first-order valence-electron chi connectivity index (χ1n) is 4.90. The van der Waals surface area contributed by atoms with E-state index < -0.39 is 5.97 Å². The lowest BCUT2D eigenvalue weighted by molar-refractivity contribution is -0.104. The number of esters is 1. The second kappa shape index (κ2) is 4.69. The van der Waals surface area contributed by atoms with Crippen LogP contribution in [0.5, 0.6) is 11.5 Å². The molecule has 5 heteroatoms. The summed E-state index contributed by atoms with van der Waals surface area (Å²) in [6.45, 7) is 0.122. The summed E-state index contributed by atoms with van der Waals surface area (Å²) >= 11 is 0. The molecule has 5 nitrogen and oxygen atoms in total. The van der Waals surface area contributed by atoms with Gasteiger partial charge in [-0.15, -0.1) is 0 Å². The zero-order chi connectivity index (χ0) is 12.3. The van der Waals surface area contributed by atoms with E-state index in [1.54, 1.807) is 12.1 Å². The zero-order valence-electron chi connectivity index (χ0n) is 9.14. The Kier molecular flexibility index (Phi) is 3.09. The van der Waals surface area contributed by atoms with Gasteiger partial charge in [-0.2, -0.15) is 0 Å². The van der Waals surface area contributed by atoms with Crippen molar-refractivity contribution < 1.29 is 23.8 Å². The number of carbonyl (C=O) groups excluding carboxylic acids is 2. The molecule has 2 rings (SSSR count). The highest BCUT2D eigenvalue weighted by Crippen LogP contribution is 2.35.